The van der Waals surface area contributed by atoms with E-state index in [9.17, 15) is 9.60 Å². The Kier molecular flexibility index (Phi) is 6.17. The van der Waals surface area contributed by atoms with Crippen molar-refractivity contribution in [3.8, 4) is 0 Å². The van der Waals surface area contributed by atoms with Crippen LogP contribution in [0.4, 0.5) is 4.39 Å². The summed E-state index contributed by atoms with van der Waals surface area (Å²) in [7, 11) is 1.52. The van der Waals surface area contributed by atoms with Crippen molar-refractivity contribution >= 4 is 5.71 Å². The van der Waals surface area contributed by atoms with Crippen LogP contribution in [-0.2, 0) is 4.84 Å². The summed E-state index contributed by atoms with van der Waals surface area (Å²) in [5.41, 5.74) is 2.50. The van der Waals surface area contributed by atoms with E-state index < -0.39 is 0 Å². The second kappa shape index (κ2) is 8.76. The largest absolute Gasteiger partial charge is 0.618 e. The monoisotopic (exact) mass is 357 g/mol. The average molecular weight is 357 g/mol. The molecule has 1 aliphatic rings. The van der Waals surface area contributed by atoms with Gasteiger partial charge in [0.25, 0.3) is 0 Å². The van der Waals surface area contributed by atoms with Crippen molar-refractivity contribution in [1.29, 1.82) is 0 Å². The fourth-order valence-electron chi connectivity index (χ4n) is 3.52. The maximum Gasteiger partial charge on any atom is 0.197 e. The molecule has 1 aliphatic heterocycles. The molecule has 0 aliphatic carbocycles. The number of hydrogen-bond donors (Lipinski definition) is 0. The van der Waals surface area contributed by atoms with Gasteiger partial charge in [-0.2, -0.15) is 4.73 Å². The summed E-state index contributed by atoms with van der Waals surface area (Å²) in [5.74, 6) is -0.0192. The number of hydrogen-bond acceptors (Lipinski definition) is 4. The summed E-state index contributed by atoms with van der Waals surface area (Å²) in [5, 5.41) is 16.1. The van der Waals surface area contributed by atoms with E-state index in [-0.39, 0.29) is 11.7 Å². The molecule has 1 fully saturated rings. The minimum atomic E-state index is -0.266. The first-order valence-electron chi connectivity index (χ1n) is 8.94. The van der Waals surface area contributed by atoms with Crippen molar-refractivity contribution in [3.05, 3.63) is 70.9 Å². The first-order valence-corrected chi connectivity index (χ1v) is 8.94. The summed E-state index contributed by atoms with van der Waals surface area (Å²) in [6.45, 7) is 2.68. The lowest BCUT2D eigenvalue weighted by atomic mass is 9.94. The number of halogens is 1. The van der Waals surface area contributed by atoms with Gasteiger partial charge in [-0.05, 0) is 37.1 Å². The molecular formula is C20H24FN3O2. The van der Waals surface area contributed by atoms with E-state index in [0.717, 1.165) is 54.2 Å². The van der Waals surface area contributed by atoms with Crippen molar-refractivity contribution < 1.29 is 14.0 Å². The van der Waals surface area contributed by atoms with Gasteiger partial charge in [0.15, 0.2) is 11.9 Å². The molecular weight excluding hydrogens is 333 g/mol. The second-order valence-corrected chi connectivity index (χ2v) is 6.57. The van der Waals surface area contributed by atoms with Crippen LogP contribution in [0.15, 0.2) is 53.8 Å². The van der Waals surface area contributed by atoms with E-state index in [0.29, 0.717) is 6.42 Å². The van der Waals surface area contributed by atoms with Gasteiger partial charge in [-0.25, -0.2) is 4.39 Å². The molecule has 0 amide bonds. The third kappa shape index (κ3) is 4.58. The Labute approximate surface area is 153 Å². The molecule has 2 aromatic rings. The molecule has 1 atom stereocenters. The lowest BCUT2D eigenvalue weighted by molar-refractivity contribution is -0.615. The van der Waals surface area contributed by atoms with Crippen LogP contribution in [0.25, 0.3) is 0 Å². The number of benzene rings is 1. The first kappa shape index (κ1) is 18.3. The highest BCUT2D eigenvalue weighted by atomic mass is 19.1. The van der Waals surface area contributed by atoms with Crippen LogP contribution >= 0.6 is 0 Å². The van der Waals surface area contributed by atoms with Crippen LogP contribution in [0.3, 0.4) is 0 Å². The van der Waals surface area contributed by atoms with E-state index in [1.165, 1.54) is 19.2 Å². The minimum absolute atomic E-state index is 0.246. The SMILES string of the molecule is CON=C(CCN1CCCC(c2cccc[n+]2[O-])C1)c1ccc(F)cc1. The predicted octanol–water partition coefficient (Wildman–Crippen LogP) is 3.08. The highest BCUT2D eigenvalue weighted by Crippen LogP contribution is 2.24. The fourth-order valence-corrected chi connectivity index (χ4v) is 3.52. The van der Waals surface area contributed by atoms with Crippen molar-refractivity contribution in [2.24, 2.45) is 5.16 Å². The van der Waals surface area contributed by atoms with Gasteiger partial charge in [0, 0.05) is 31.6 Å². The third-order valence-electron chi connectivity index (χ3n) is 4.82. The zero-order chi connectivity index (χ0) is 18.4. The highest BCUT2D eigenvalue weighted by Gasteiger charge is 2.26. The van der Waals surface area contributed by atoms with Gasteiger partial charge in [0.05, 0.1) is 11.6 Å². The molecule has 2 heterocycles. The molecule has 0 bridgehead atoms. The maximum absolute atomic E-state index is 13.1. The van der Waals surface area contributed by atoms with Crippen LogP contribution in [-0.4, -0.2) is 37.4 Å². The predicted molar refractivity (Wildman–Crippen MR) is 98.4 cm³/mol. The summed E-state index contributed by atoms with van der Waals surface area (Å²) in [6, 6.07) is 11.9. The quantitative estimate of drug-likeness (QED) is 0.346. The maximum atomic E-state index is 13.1. The Morgan fingerprint density at radius 2 is 2.12 bits per heavy atom. The van der Waals surface area contributed by atoms with Crippen LogP contribution < -0.4 is 4.73 Å². The standard InChI is InChI=1S/C20H24FN3O2/c1-26-22-19(16-7-9-18(21)10-8-16)11-14-23-12-4-5-17(15-23)20-6-2-3-13-24(20)25/h2-3,6-10,13,17H,4-5,11-12,14-15H2,1H3. The van der Waals surface area contributed by atoms with Crippen LogP contribution in [0.1, 0.15) is 36.4 Å². The molecule has 26 heavy (non-hydrogen) atoms. The molecule has 1 aromatic heterocycles. The van der Waals surface area contributed by atoms with Crippen LogP contribution in [0.2, 0.25) is 0 Å². The fraction of sp³-hybridized carbons (Fsp3) is 0.400. The van der Waals surface area contributed by atoms with Crippen molar-refractivity contribution in [2.45, 2.75) is 25.2 Å². The second-order valence-electron chi connectivity index (χ2n) is 6.57. The molecule has 1 aromatic carbocycles. The van der Waals surface area contributed by atoms with E-state index in [1.807, 2.05) is 12.1 Å². The summed E-state index contributed by atoms with van der Waals surface area (Å²) >= 11 is 0. The zero-order valence-electron chi connectivity index (χ0n) is 15.0. The lowest BCUT2D eigenvalue weighted by Gasteiger charge is -2.31. The summed E-state index contributed by atoms with van der Waals surface area (Å²) in [4.78, 5) is 7.32. The summed E-state index contributed by atoms with van der Waals surface area (Å²) in [6.07, 6.45) is 4.36. The van der Waals surface area contributed by atoms with Crippen molar-refractivity contribution in [1.82, 2.24) is 4.90 Å². The number of oxime groups is 1. The molecule has 5 nitrogen and oxygen atoms in total. The van der Waals surface area contributed by atoms with Gasteiger partial charge in [-0.15, -0.1) is 0 Å². The van der Waals surface area contributed by atoms with E-state index in [4.69, 9.17) is 4.84 Å². The first-order chi connectivity index (χ1) is 12.7. The number of nitrogens with zero attached hydrogens (tertiary/aromatic N) is 3. The molecule has 6 heteroatoms. The molecule has 3 rings (SSSR count). The van der Waals surface area contributed by atoms with Gasteiger partial charge in [0.2, 0.25) is 0 Å². The van der Waals surface area contributed by atoms with Gasteiger partial charge in [-0.1, -0.05) is 23.4 Å². The lowest BCUT2D eigenvalue weighted by Crippen LogP contribution is -2.41. The highest BCUT2D eigenvalue weighted by molar-refractivity contribution is 6.00. The molecule has 0 spiro atoms. The van der Waals surface area contributed by atoms with Crippen LogP contribution in [0.5, 0.6) is 0 Å². The summed E-state index contributed by atoms with van der Waals surface area (Å²) < 4.78 is 14.1. The van der Waals surface area contributed by atoms with Crippen molar-refractivity contribution in [3.63, 3.8) is 0 Å². The van der Waals surface area contributed by atoms with Gasteiger partial charge in [0.1, 0.15) is 12.9 Å². The number of pyridine rings is 1. The minimum Gasteiger partial charge on any atom is -0.618 e. The number of piperidine rings is 1. The van der Waals surface area contributed by atoms with E-state index >= 15 is 0 Å². The number of rotatable bonds is 6. The average Bonchev–Trinajstić information content (AvgIpc) is 2.66. The Bertz CT molecular complexity index is 749. The number of aromatic nitrogens is 1. The molecule has 0 N–H and O–H groups in total. The van der Waals surface area contributed by atoms with E-state index in [2.05, 4.69) is 10.1 Å². The Hall–Kier alpha value is -2.47. The molecule has 1 saturated heterocycles. The Balaban J connectivity index is 1.63. The molecule has 0 saturated carbocycles. The zero-order valence-corrected chi connectivity index (χ0v) is 15.0. The number of likely N-dealkylation sites (tertiary alicyclic amines) is 1. The Morgan fingerprint density at radius 1 is 1.31 bits per heavy atom. The smallest absolute Gasteiger partial charge is 0.197 e. The normalized spacial score (nSPS) is 18.7. The molecule has 138 valence electrons. The third-order valence-corrected chi connectivity index (χ3v) is 4.82. The molecule has 0 radical (unpaired) electrons. The van der Waals surface area contributed by atoms with E-state index in [1.54, 1.807) is 24.4 Å². The van der Waals surface area contributed by atoms with Crippen molar-refractivity contribution in [2.75, 3.05) is 26.7 Å². The topological polar surface area (TPSA) is 51.8 Å². The van der Waals surface area contributed by atoms with Gasteiger partial charge < -0.3 is 14.9 Å². The molecule has 1 unspecified atom stereocenters. The van der Waals surface area contributed by atoms with Gasteiger partial charge in [-0.3, -0.25) is 0 Å². The van der Waals surface area contributed by atoms with Crippen LogP contribution in [0, 0.1) is 11.0 Å². The van der Waals surface area contributed by atoms with Gasteiger partial charge >= 0.3 is 0 Å². The Morgan fingerprint density at radius 3 is 2.85 bits per heavy atom.